The maximum atomic E-state index is 6.25. The maximum Gasteiger partial charge on any atom is 0.136 e. The van der Waals surface area contributed by atoms with E-state index in [2.05, 4.69) is 115 Å². The summed E-state index contributed by atoms with van der Waals surface area (Å²) in [6.45, 7) is 0. The van der Waals surface area contributed by atoms with Crippen LogP contribution in [0, 0.1) is 0 Å². The van der Waals surface area contributed by atoms with Gasteiger partial charge in [0.05, 0.1) is 11.2 Å². The molecule has 2 heteroatoms. The molecule has 0 aliphatic rings. The van der Waals surface area contributed by atoms with E-state index in [1.54, 1.807) is 0 Å². The lowest BCUT2D eigenvalue weighted by Crippen LogP contribution is -1.91. The second kappa shape index (κ2) is 7.78. The summed E-state index contributed by atoms with van der Waals surface area (Å²) in [5.74, 6) is 0. The van der Waals surface area contributed by atoms with Crippen LogP contribution in [0.2, 0.25) is 0 Å². The van der Waals surface area contributed by atoms with Crippen LogP contribution in [0.5, 0.6) is 0 Å². The molecular formula is C35H21NO. The number of furan rings is 1. The zero-order valence-corrected chi connectivity index (χ0v) is 20.0. The number of para-hydroxylation sites is 2. The molecule has 0 saturated heterocycles. The predicted molar refractivity (Wildman–Crippen MR) is 155 cm³/mol. The molecule has 0 aliphatic heterocycles. The monoisotopic (exact) mass is 471 g/mol. The topological polar surface area (TPSA) is 26.0 Å². The van der Waals surface area contributed by atoms with Gasteiger partial charge in [-0.25, -0.2) is 4.98 Å². The Morgan fingerprint density at radius 1 is 0.432 bits per heavy atom. The van der Waals surface area contributed by atoms with Crippen molar-refractivity contribution in [3.63, 3.8) is 0 Å². The van der Waals surface area contributed by atoms with Gasteiger partial charge in [0.25, 0.3) is 0 Å². The van der Waals surface area contributed by atoms with E-state index in [-0.39, 0.29) is 0 Å². The van der Waals surface area contributed by atoms with E-state index in [1.165, 1.54) is 27.3 Å². The molecule has 172 valence electrons. The molecular weight excluding hydrogens is 450 g/mol. The van der Waals surface area contributed by atoms with E-state index in [0.717, 1.165) is 49.5 Å². The first-order valence-corrected chi connectivity index (χ1v) is 12.6. The van der Waals surface area contributed by atoms with Crippen LogP contribution < -0.4 is 0 Å². The van der Waals surface area contributed by atoms with Crippen LogP contribution in [-0.4, -0.2) is 4.98 Å². The molecule has 0 spiro atoms. The molecule has 6 aromatic carbocycles. The van der Waals surface area contributed by atoms with Gasteiger partial charge < -0.3 is 4.42 Å². The smallest absolute Gasteiger partial charge is 0.136 e. The minimum Gasteiger partial charge on any atom is -0.456 e. The van der Waals surface area contributed by atoms with Gasteiger partial charge in [-0.2, -0.15) is 0 Å². The summed E-state index contributed by atoms with van der Waals surface area (Å²) in [6.07, 6.45) is 0. The van der Waals surface area contributed by atoms with Crippen molar-refractivity contribution >= 4 is 54.4 Å². The Bertz CT molecular complexity index is 2150. The molecule has 0 saturated carbocycles. The van der Waals surface area contributed by atoms with Crippen LogP contribution in [0.4, 0.5) is 0 Å². The normalized spacial score (nSPS) is 11.8. The predicted octanol–water partition coefficient (Wildman–Crippen LogP) is 9.77. The Morgan fingerprint density at radius 3 is 2.14 bits per heavy atom. The van der Waals surface area contributed by atoms with Crippen molar-refractivity contribution in [2.75, 3.05) is 0 Å². The summed E-state index contributed by atoms with van der Waals surface area (Å²) < 4.78 is 6.25. The molecule has 0 atom stereocenters. The number of hydrogen-bond donors (Lipinski definition) is 0. The zero-order chi connectivity index (χ0) is 24.3. The minimum atomic E-state index is 0.904. The molecule has 0 N–H and O–H groups in total. The zero-order valence-electron chi connectivity index (χ0n) is 20.0. The van der Waals surface area contributed by atoms with Crippen LogP contribution in [0.25, 0.3) is 76.8 Å². The molecule has 2 aromatic heterocycles. The second-order valence-electron chi connectivity index (χ2n) is 9.58. The fourth-order valence-corrected chi connectivity index (χ4v) is 5.69. The van der Waals surface area contributed by atoms with Gasteiger partial charge in [-0.05, 0) is 58.3 Å². The number of fused-ring (bicyclic) bond motifs is 8. The van der Waals surface area contributed by atoms with Gasteiger partial charge in [0, 0.05) is 32.5 Å². The van der Waals surface area contributed by atoms with Crippen molar-refractivity contribution < 1.29 is 4.42 Å². The van der Waals surface area contributed by atoms with Gasteiger partial charge in [-0.1, -0.05) is 91.0 Å². The highest BCUT2D eigenvalue weighted by molar-refractivity contribution is 6.28. The summed E-state index contributed by atoms with van der Waals surface area (Å²) in [7, 11) is 0. The van der Waals surface area contributed by atoms with Gasteiger partial charge in [0.1, 0.15) is 11.2 Å². The lowest BCUT2D eigenvalue weighted by atomic mass is 9.94. The maximum absolute atomic E-state index is 6.25. The van der Waals surface area contributed by atoms with Crippen molar-refractivity contribution in [3.05, 3.63) is 127 Å². The van der Waals surface area contributed by atoms with Crippen LogP contribution in [0.15, 0.2) is 132 Å². The van der Waals surface area contributed by atoms with E-state index in [1.807, 2.05) is 12.1 Å². The average Bonchev–Trinajstić information content (AvgIpc) is 3.35. The Kier molecular flexibility index (Phi) is 4.26. The van der Waals surface area contributed by atoms with Crippen molar-refractivity contribution in [2.45, 2.75) is 0 Å². The van der Waals surface area contributed by atoms with E-state index in [9.17, 15) is 0 Å². The standard InChI is InChI=1S/C35H21NO/c1-2-9-23-20-25(17-16-22(23)8-1)24-10-7-11-26(21-24)35-29-18-19-32-34(28-13-4-6-15-31(28)37-32)33(29)27-12-3-5-14-30(27)36-35/h1-21H. The highest BCUT2D eigenvalue weighted by atomic mass is 16.3. The molecule has 8 rings (SSSR count). The van der Waals surface area contributed by atoms with Crippen molar-refractivity contribution in [2.24, 2.45) is 0 Å². The molecule has 8 aromatic rings. The molecule has 0 unspecified atom stereocenters. The molecule has 0 amide bonds. The van der Waals surface area contributed by atoms with Gasteiger partial charge in [0.2, 0.25) is 0 Å². The first kappa shape index (κ1) is 20.3. The summed E-state index contributed by atoms with van der Waals surface area (Å²) in [4.78, 5) is 5.20. The number of pyridine rings is 1. The molecule has 0 radical (unpaired) electrons. The summed E-state index contributed by atoms with van der Waals surface area (Å²) in [5, 5.41) is 8.25. The van der Waals surface area contributed by atoms with Crippen molar-refractivity contribution in [1.82, 2.24) is 4.98 Å². The Labute approximate surface area is 213 Å². The number of nitrogens with zero attached hydrogens (tertiary/aromatic N) is 1. The van der Waals surface area contributed by atoms with E-state index in [4.69, 9.17) is 9.40 Å². The van der Waals surface area contributed by atoms with E-state index in [0.29, 0.717) is 0 Å². The summed E-state index contributed by atoms with van der Waals surface area (Å²) >= 11 is 0. The lowest BCUT2D eigenvalue weighted by molar-refractivity contribution is 0.669. The lowest BCUT2D eigenvalue weighted by Gasteiger charge is -2.12. The number of hydrogen-bond acceptors (Lipinski definition) is 2. The van der Waals surface area contributed by atoms with Crippen LogP contribution in [-0.2, 0) is 0 Å². The van der Waals surface area contributed by atoms with Gasteiger partial charge in [-0.15, -0.1) is 0 Å². The van der Waals surface area contributed by atoms with Gasteiger partial charge in [0.15, 0.2) is 0 Å². The fourth-order valence-electron chi connectivity index (χ4n) is 5.69. The largest absolute Gasteiger partial charge is 0.456 e. The third kappa shape index (κ3) is 3.09. The van der Waals surface area contributed by atoms with Crippen LogP contribution in [0.3, 0.4) is 0 Å². The highest BCUT2D eigenvalue weighted by Crippen LogP contribution is 2.41. The van der Waals surface area contributed by atoms with Crippen LogP contribution in [0.1, 0.15) is 0 Å². The van der Waals surface area contributed by atoms with Crippen molar-refractivity contribution in [3.8, 4) is 22.4 Å². The summed E-state index contributed by atoms with van der Waals surface area (Å²) in [6, 6.07) is 44.9. The molecule has 0 aliphatic carbocycles. The molecule has 2 nitrogen and oxygen atoms in total. The fraction of sp³-hybridized carbons (Fsp3) is 0. The van der Waals surface area contributed by atoms with E-state index >= 15 is 0 Å². The molecule has 0 fully saturated rings. The van der Waals surface area contributed by atoms with Gasteiger partial charge >= 0.3 is 0 Å². The molecule has 37 heavy (non-hydrogen) atoms. The third-order valence-electron chi connectivity index (χ3n) is 7.42. The second-order valence-corrected chi connectivity index (χ2v) is 9.58. The SMILES string of the molecule is c1cc(-c2ccc3ccccc3c2)cc(-c2nc3ccccc3c3c2ccc2oc4ccccc4c23)c1. The van der Waals surface area contributed by atoms with Crippen molar-refractivity contribution in [1.29, 1.82) is 0 Å². The quantitative estimate of drug-likeness (QED) is 0.235. The first-order valence-electron chi connectivity index (χ1n) is 12.6. The third-order valence-corrected chi connectivity index (χ3v) is 7.42. The first-order chi connectivity index (χ1) is 18.3. The Balaban J connectivity index is 1.43. The number of rotatable bonds is 2. The van der Waals surface area contributed by atoms with E-state index < -0.39 is 0 Å². The highest BCUT2D eigenvalue weighted by Gasteiger charge is 2.17. The number of benzene rings is 6. The minimum absolute atomic E-state index is 0.904. The Morgan fingerprint density at radius 2 is 1.19 bits per heavy atom. The van der Waals surface area contributed by atoms with Crippen LogP contribution >= 0.6 is 0 Å². The number of aromatic nitrogens is 1. The Hall–Kier alpha value is -4.95. The molecule has 2 heterocycles. The van der Waals surface area contributed by atoms with Gasteiger partial charge in [-0.3, -0.25) is 0 Å². The average molecular weight is 472 g/mol. The molecule has 0 bridgehead atoms. The summed E-state index contributed by atoms with van der Waals surface area (Å²) in [5.41, 5.74) is 7.28.